The SMILES string of the molecule is FC(F)(F)c1c[c]n(-c2ccccc2)n1. The first kappa shape index (κ1) is 9.76. The number of para-hydroxylation sites is 1. The van der Waals surface area contributed by atoms with E-state index >= 15 is 0 Å². The van der Waals surface area contributed by atoms with Crippen LogP contribution in [0.25, 0.3) is 5.69 Å². The largest absolute Gasteiger partial charge is 0.435 e. The summed E-state index contributed by atoms with van der Waals surface area (Å²) in [6, 6.07) is 9.36. The number of rotatable bonds is 1. The van der Waals surface area contributed by atoms with Gasteiger partial charge in [0.2, 0.25) is 0 Å². The van der Waals surface area contributed by atoms with Gasteiger partial charge in [-0.15, -0.1) is 0 Å². The third-order valence-corrected chi connectivity index (χ3v) is 1.82. The van der Waals surface area contributed by atoms with E-state index < -0.39 is 11.9 Å². The van der Waals surface area contributed by atoms with Crippen LogP contribution in [0, 0.1) is 6.20 Å². The van der Waals surface area contributed by atoms with Crippen molar-refractivity contribution in [3.8, 4) is 5.69 Å². The zero-order valence-corrected chi connectivity index (χ0v) is 7.49. The van der Waals surface area contributed by atoms with Crippen LogP contribution >= 0.6 is 0 Å². The molecule has 0 saturated carbocycles. The summed E-state index contributed by atoms with van der Waals surface area (Å²) in [5, 5.41) is 3.39. The lowest BCUT2D eigenvalue weighted by molar-refractivity contribution is -0.141. The van der Waals surface area contributed by atoms with Gasteiger partial charge >= 0.3 is 6.18 Å². The average molecular weight is 211 g/mol. The summed E-state index contributed by atoms with van der Waals surface area (Å²) in [7, 11) is 0. The summed E-state index contributed by atoms with van der Waals surface area (Å²) in [5.74, 6) is 0. The van der Waals surface area contributed by atoms with Crippen LogP contribution in [-0.2, 0) is 6.18 Å². The first-order valence-corrected chi connectivity index (χ1v) is 4.18. The number of nitrogens with zero attached hydrogens (tertiary/aromatic N) is 2. The molecule has 0 N–H and O–H groups in total. The van der Waals surface area contributed by atoms with Crippen LogP contribution in [0.1, 0.15) is 5.69 Å². The highest BCUT2D eigenvalue weighted by Gasteiger charge is 2.33. The van der Waals surface area contributed by atoms with E-state index in [9.17, 15) is 13.2 Å². The maximum atomic E-state index is 12.2. The number of benzene rings is 1. The Morgan fingerprint density at radius 1 is 1.13 bits per heavy atom. The number of alkyl halides is 3. The molecular formula is C10H6F3N2. The van der Waals surface area contributed by atoms with Gasteiger partial charge in [0.1, 0.15) is 0 Å². The molecule has 2 aromatic rings. The molecular weight excluding hydrogens is 205 g/mol. The van der Waals surface area contributed by atoms with Crippen LogP contribution < -0.4 is 0 Å². The minimum absolute atomic E-state index is 0.549. The molecule has 0 atom stereocenters. The highest BCUT2D eigenvalue weighted by Crippen LogP contribution is 2.27. The predicted molar refractivity (Wildman–Crippen MR) is 47.4 cm³/mol. The number of halogens is 3. The van der Waals surface area contributed by atoms with Crippen LogP contribution in [0.15, 0.2) is 36.4 Å². The van der Waals surface area contributed by atoms with Crippen LogP contribution in [0.2, 0.25) is 0 Å². The molecule has 5 heteroatoms. The van der Waals surface area contributed by atoms with E-state index in [4.69, 9.17) is 0 Å². The number of aromatic nitrogens is 2. The van der Waals surface area contributed by atoms with Crippen molar-refractivity contribution in [1.82, 2.24) is 9.78 Å². The van der Waals surface area contributed by atoms with Crippen molar-refractivity contribution in [2.24, 2.45) is 0 Å². The number of hydrogen-bond donors (Lipinski definition) is 0. The lowest BCUT2D eigenvalue weighted by Gasteiger charge is -2.01. The van der Waals surface area contributed by atoms with E-state index in [1.54, 1.807) is 30.3 Å². The average Bonchev–Trinajstić information content (AvgIpc) is 2.67. The molecule has 0 aliphatic heterocycles. The molecule has 0 amide bonds. The van der Waals surface area contributed by atoms with E-state index in [0.717, 1.165) is 10.7 Å². The fraction of sp³-hybridized carbons (Fsp3) is 0.100. The Balaban J connectivity index is 2.37. The summed E-state index contributed by atoms with van der Waals surface area (Å²) in [4.78, 5) is 0. The third kappa shape index (κ3) is 2.01. The van der Waals surface area contributed by atoms with Gasteiger partial charge in [-0.3, -0.25) is 0 Å². The monoisotopic (exact) mass is 211 g/mol. The maximum Gasteiger partial charge on any atom is 0.435 e. The van der Waals surface area contributed by atoms with Crippen LogP contribution in [0.5, 0.6) is 0 Å². The first-order valence-electron chi connectivity index (χ1n) is 4.18. The van der Waals surface area contributed by atoms with Crippen molar-refractivity contribution >= 4 is 0 Å². The fourth-order valence-corrected chi connectivity index (χ4v) is 1.13. The molecule has 2 nitrogen and oxygen atoms in total. The molecule has 0 aliphatic rings. The normalized spacial score (nSPS) is 11.7. The Morgan fingerprint density at radius 3 is 2.33 bits per heavy atom. The van der Waals surface area contributed by atoms with Gasteiger partial charge in [-0.25, -0.2) is 4.68 Å². The quantitative estimate of drug-likeness (QED) is 0.709. The molecule has 0 unspecified atom stereocenters. The molecule has 0 saturated heterocycles. The molecule has 77 valence electrons. The van der Waals surface area contributed by atoms with Crippen LogP contribution in [-0.4, -0.2) is 9.78 Å². The van der Waals surface area contributed by atoms with Gasteiger partial charge in [-0.05, 0) is 18.2 Å². The maximum absolute atomic E-state index is 12.2. The zero-order chi connectivity index (χ0) is 10.9. The van der Waals surface area contributed by atoms with E-state index in [2.05, 4.69) is 11.3 Å². The molecule has 1 radical (unpaired) electrons. The van der Waals surface area contributed by atoms with Crippen molar-refractivity contribution < 1.29 is 13.2 Å². The van der Waals surface area contributed by atoms with Gasteiger partial charge in [0.15, 0.2) is 5.69 Å². The highest BCUT2D eigenvalue weighted by molar-refractivity contribution is 5.30. The van der Waals surface area contributed by atoms with E-state index in [1.165, 1.54) is 0 Å². The minimum Gasteiger partial charge on any atom is -0.231 e. The van der Waals surface area contributed by atoms with Crippen molar-refractivity contribution in [3.63, 3.8) is 0 Å². The van der Waals surface area contributed by atoms with Gasteiger partial charge in [-0.2, -0.15) is 18.3 Å². The summed E-state index contributed by atoms with van der Waals surface area (Å²) >= 11 is 0. The zero-order valence-electron chi connectivity index (χ0n) is 7.49. The van der Waals surface area contributed by atoms with Crippen molar-refractivity contribution in [1.29, 1.82) is 0 Å². The molecule has 0 fully saturated rings. The Morgan fingerprint density at radius 2 is 1.80 bits per heavy atom. The van der Waals surface area contributed by atoms with E-state index in [0.29, 0.717) is 5.69 Å². The molecule has 1 aromatic heterocycles. The lowest BCUT2D eigenvalue weighted by Crippen LogP contribution is -2.07. The Hall–Kier alpha value is -1.78. The second kappa shape index (κ2) is 3.42. The lowest BCUT2D eigenvalue weighted by atomic mass is 10.3. The van der Waals surface area contributed by atoms with E-state index in [1.807, 2.05) is 0 Å². The summed E-state index contributed by atoms with van der Waals surface area (Å²) in [6.07, 6.45) is -2.01. The summed E-state index contributed by atoms with van der Waals surface area (Å²) in [5.41, 5.74) is -0.389. The van der Waals surface area contributed by atoms with Crippen molar-refractivity contribution in [3.05, 3.63) is 48.3 Å². The predicted octanol–water partition coefficient (Wildman–Crippen LogP) is 2.69. The van der Waals surface area contributed by atoms with E-state index in [-0.39, 0.29) is 0 Å². The summed E-state index contributed by atoms with van der Waals surface area (Å²) < 4.78 is 37.7. The number of hydrogen-bond acceptors (Lipinski definition) is 1. The van der Waals surface area contributed by atoms with Crippen molar-refractivity contribution in [2.75, 3.05) is 0 Å². The molecule has 1 aromatic carbocycles. The van der Waals surface area contributed by atoms with Gasteiger partial charge in [-0.1, -0.05) is 18.2 Å². The fourth-order valence-electron chi connectivity index (χ4n) is 1.13. The summed E-state index contributed by atoms with van der Waals surface area (Å²) in [6.45, 7) is 0. The smallest absolute Gasteiger partial charge is 0.231 e. The van der Waals surface area contributed by atoms with Gasteiger partial charge in [0.25, 0.3) is 0 Å². The third-order valence-electron chi connectivity index (χ3n) is 1.82. The van der Waals surface area contributed by atoms with Gasteiger partial charge in [0.05, 0.1) is 11.9 Å². The molecule has 0 bridgehead atoms. The minimum atomic E-state index is -4.42. The topological polar surface area (TPSA) is 17.8 Å². The van der Waals surface area contributed by atoms with Gasteiger partial charge < -0.3 is 0 Å². The standard InChI is InChI=1S/C10H6F3N2/c11-10(12,13)9-6-7-15(14-9)8-4-2-1-3-5-8/h1-6H. The molecule has 1 heterocycles. The van der Waals surface area contributed by atoms with Crippen LogP contribution in [0.4, 0.5) is 13.2 Å². The second-order valence-corrected chi connectivity index (χ2v) is 2.90. The first-order chi connectivity index (χ1) is 7.07. The Kier molecular flexibility index (Phi) is 2.22. The Bertz CT molecular complexity index is 445. The molecule has 15 heavy (non-hydrogen) atoms. The highest BCUT2D eigenvalue weighted by atomic mass is 19.4. The Labute approximate surface area is 84.0 Å². The van der Waals surface area contributed by atoms with Crippen LogP contribution in [0.3, 0.4) is 0 Å². The van der Waals surface area contributed by atoms with Crippen molar-refractivity contribution in [2.45, 2.75) is 6.18 Å². The molecule has 0 spiro atoms. The molecule has 0 aliphatic carbocycles. The van der Waals surface area contributed by atoms with Gasteiger partial charge in [0, 0.05) is 0 Å². The second-order valence-electron chi connectivity index (χ2n) is 2.90. The molecule has 2 rings (SSSR count).